The van der Waals surface area contributed by atoms with E-state index >= 15 is 0 Å². The van der Waals surface area contributed by atoms with Gasteiger partial charge in [0.05, 0.1) is 11.6 Å². The third kappa shape index (κ3) is 2.19. The van der Waals surface area contributed by atoms with E-state index in [0.29, 0.717) is 12.6 Å². The second kappa shape index (κ2) is 5.28. The molecule has 2 N–H and O–H groups in total. The Kier molecular flexibility index (Phi) is 4.56. The molecule has 1 rings (SSSR count). The molecule has 1 heterocycles. The highest BCUT2D eigenvalue weighted by atomic mass is 16.5. The van der Waals surface area contributed by atoms with Crippen LogP contribution >= 0.6 is 0 Å². The van der Waals surface area contributed by atoms with Crippen molar-refractivity contribution in [3.05, 3.63) is 0 Å². The maximum atomic E-state index is 5.99. The highest BCUT2D eigenvalue weighted by Crippen LogP contribution is 2.32. The Bertz CT molecular complexity index is 194. The molecule has 2 unspecified atom stereocenters. The number of hydrogen-bond acceptors (Lipinski definition) is 3. The normalized spacial score (nSPS) is 31.8. The average molecular weight is 214 g/mol. The highest BCUT2D eigenvalue weighted by Gasteiger charge is 2.45. The molecule has 0 bridgehead atoms. The van der Waals surface area contributed by atoms with Crippen molar-refractivity contribution >= 4 is 0 Å². The summed E-state index contributed by atoms with van der Waals surface area (Å²) in [6.07, 6.45) is 3.69. The van der Waals surface area contributed by atoms with Gasteiger partial charge in [-0.1, -0.05) is 13.8 Å². The number of nitrogens with zero attached hydrogens (tertiary/aromatic N) is 1. The van der Waals surface area contributed by atoms with Crippen LogP contribution in [0, 0.1) is 0 Å². The summed E-state index contributed by atoms with van der Waals surface area (Å²) in [5.74, 6) is 0. The lowest BCUT2D eigenvalue weighted by molar-refractivity contribution is 0.00427. The fourth-order valence-electron chi connectivity index (χ4n) is 2.85. The van der Waals surface area contributed by atoms with Crippen molar-refractivity contribution in [1.82, 2.24) is 4.90 Å². The van der Waals surface area contributed by atoms with Crippen LogP contribution in [0.2, 0.25) is 0 Å². The standard InChI is InChI=1S/C12H26N2O/c1-5-11(6-2)14(4)12(9-13)7-8-15-10(12)3/h10-11H,5-9,13H2,1-4H3. The summed E-state index contributed by atoms with van der Waals surface area (Å²) >= 11 is 0. The molecule has 3 nitrogen and oxygen atoms in total. The maximum Gasteiger partial charge on any atom is 0.0743 e. The molecule has 90 valence electrons. The topological polar surface area (TPSA) is 38.5 Å². The predicted molar refractivity (Wildman–Crippen MR) is 63.9 cm³/mol. The van der Waals surface area contributed by atoms with E-state index in [-0.39, 0.29) is 11.6 Å². The first kappa shape index (κ1) is 12.9. The lowest BCUT2D eigenvalue weighted by Crippen LogP contribution is -2.59. The largest absolute Gasteiger partial charge is 0.376 e. The Balaban J connectivity index is 2.80. The molecule has 0 radical (unpaired) electrons. The van der Waals surface area contributed by atoms with Gasteiger partial charge in [0.25, 0.3) is 0 Å². The molecule has 15 heavy (non-hydrogen) atoms. The van der Waals surface area contributed by atoms with E-state index in [1.807, 2.05) is 0 Å². The molecule has 0 amide bonds. The van der Waals surface area contributed by atoms with Crippen molar-refractivity contribution in [2.24, 2.45) is 5.73 Å². The average Bonchev–Trinajstić information content (AvgIpc) is 2.62. The van der Waals surface area contributed by atoms with Crippen LogP contribution in [0.15, 0.2) is 0 Å². The smallest absolute Gasteiger partial charge is 0.0743 e. The van der Waals surface area contributed by atoms with Crippen molar-refractivity contribution in [1.29, 1.82) is 0 Å². The summed E-state index contributed by atoms with van der Waals surface area (Å²) in [5.41, 5.74) is 6.05. The van der Waals surface area contributed by atoms with Gasteiger partial charge in [0.2, 0.25) is 0 Å². The van der Waals surface area contributed by atoms with Gasteiger partial charge < -0.3 is 10.5 Å². The van der Waals surface area contributed by atoms with E-state index in [2.05, 4.69) is 32.7 Å². The van der Waals surface area contributed by atoms with Gasteiger partial charge in [-0.2, -0.15) is 0 Å². The van der Waals surface area contributed by atoms with Gasteiger partial charge in [0.15, 0.2) is 0 Å². The van der Waals surface area contributed by atoms with Crippen LogP contribution in [0.4, 0.5) is 0 Å². The molecule has 0 aliphatic carbocycles. The lowest BCUT2D eigenvalue weighted by Gasteiger charge is -2.44. The SMILES string of the molecule is CCC(CC)N(C)C1(CN)CCOC1C. The molecule has 1 fully saturated rings. The number of hydrogen-bond donors (Lipinski definition) is 1. The van der Waals surface area contributed by atoms with Gasteiger partial charge in [0, 0.05) is 19.2 Å². The molecule has 1 aliphatic heterocycles. The Morgan fingerprint density at radius 3 is 2.40 bits per heavy atom. The number of ether oxygens (including phenoxy) is 1. The molecular weight excluding hydrogens is 188 g/mol. The lowest BCUT2D eigenvalue weighted by atomic mass is 9.88. The first-order valence-electron chi connectivity index (χ1n) is 6.17. The van der Waals surface area contributed by atoms with E-state index in [9.17, 15) is 0 Å². The van der Waals surface area contributed by atoms with Gasteiger partial charge in [-0.15, -0.1) is 0 Å². The zero-order chi connectivity index (χ0) is 11.5. The number of nitrogens with two attached hydrogens (primary N) is 1. The van der Waals surface area contributed by atoms with Crippen LogP contribution in [0.25, 0.3) is 0 Å². The Morgan fingerprint density at radius 2 is 2.07 bits per heavy atom. The first-order valence-corrected chi connectivity index (χ1v) is 6.17. The van der Waals surface area contributed by atoms with E-state index in [1.54, 1.807) is 0 Å². The Labute approximate surface area is 94.0 Å². The third-order valence-electron chi connectivity index (χ3n) is 4.21. The summed E-state index contributed by atoms with van der Waals surface area (Å²) in [6, 6.07) is 0.623. The Hall–Kier alpha value is -0.120. The second-order valence-electron chi connectivity index (χ2n) is 4.65. The molecule has 0 aromatic carbocycles. The number of rotatable bonds is 5. The molecule has 2 atom stereocenters. The molecule has 1 aliphatic rings. The minimum atomic E-state index is 0.0662. The molecule has 0 spiro atoms. The Morgan fingerprint density at radius 1 is 1.47 bits per heavy atom. The molecule has 0 aromatic rings. The summed E-state index contributed by atoms with van der Waals surface area (Å²) in [4.78, 5) is 2.46. The zero-order valence-electron chi connectivity index (χ0n) is 10.6. The quantitative estimate of drug-likeness (QED) is 0.755. The van der Waals surface area contributed by atoms with Crippen LogP contribution in [0.3, 0.4) is 0 Å². The van der Waals surface area contributed by atoms with Gasteiger partial charge >= 0.3 is 0 Å². The molecule has 0 saturated carbocycles. The van der Waals surface area contributed by atoms with E-state index in [1.165, 1.54) is 12.8 Å². The summed E-state index contributed by atoms with van der Waals surface area (Å²) in [5, 5.41) is 0. The van der Waals surface area contributed by atoms with Crippen LogP contribution in [-0.4, -0.2) is 42.8 Å². The summed E-state index contributed by atoms with van der Waals surface area (Å²) in [6.45, 7) is 8.19. The van der Waals surface area contributed by atoms with Crippen molar-refractivity contribution < 1.29 is 4.74 Å². The molecule has 1 saturated heterocycles. The van der Waals surface area contributed by atoms with Crippen LogP contribution < -0.4 is 5.73 Å². The minimum Gasteiger partial charge on any atom is -0.376 e. The first-order chi connectivity index (χ1) is 7.12. The van der Waals surface area contributed by atoms with Crippen molar-refractivity contribution in [2.45, 2.75) is 57.7 Å². The van der Waals surface area contributed by atoms with E-state index < -0.39 is 0 Å². The van der Waals surface area contributed by atoms with Gasteiger partial charge in [-0.3, -0.25) is 4.90 Å². The fourth-order valence-corrected chi connectivity index (χ4v) is 2.85. The van der Waals surface area contributed by atoms with Gasteiger partial charge in [-0.05, 0) is 33.2 Å². The van der Waals surface area contributed by atoms with Crippen LogP contribution in [-0.2, 0) is 4.74 Å². The van der Waals surface area contributed by atoms with Crippen molar-refractivity contribution in [2.75, 3.05) is 20.2 Å². The molecule has 3 heteroatoms. The predicted octanol–water partition coefficient (Wildman–Crippen LogP) is 1.61. The van der Waals surface area contributed by atoms with Gasteiger partial charge in [0.1, 0.15) is 0 Å². The maximum absolute atomic E-state index is 5.99. The zero-order valence-corrected chi connectivity index (χ0v) is 10.6. The fraction of sp³-hybridized carbons (Fsp3) is 1.00. The molecule has 0 aromatic heterocycles. The van der Waals surface area contributed by atoms with Crippen LogP contribution in [0.1, 0.15) is 40.0 Å². The third-order valence-corrected chi connectivity index (χ3v) is 4.21. The number of likely N-dealkylation sites (N-methyl/N-ethyl adjacent to an activating group) is 1. The van der Waals surface area contributed by atoms with E-state index in [0.717, 1.165) is 13.0 Å². The highest BCUT2D eigenvalue weighted by molar-refractivity contribution is 5.01. The van der Waals surface area contributed by atoms with E-state index in [4.69, 9.17) is 10.5 Å². The van der Waals surface area contributed by atoms with Gasteiger partial charge in [-0.25, -0.2) is 0 Å². The minimum absolute atomic E-state index is 0.0662. The van der Waals surface area contributed by atoms with Crippen LogP contribution in [0.5, 0.6) is 0 Å². The monoisotopic (exact) mass is 214 g/mol. The summed E-state index contributed by atoms with van der Waals surface area (Å²) in [7, 11) is 2.20. The summed E-state index contributed by atoms with van der Waals surface area (Å²) < 4.78 is 5.70. The van der Waals surface area contributed by atoms with Crippen molar-refractivity contribution in [3.63, 3.8) is 0 Å². The second-order valence-corrected chi connectivity index (χ2v) is 4.65. The molecular formula is C12H26N2O. The van der Waals surface area contributed by atoms with Crippen molar-refractivity contribution in [3.8, 4) is 0 Å².